The van der Waals surface area contributed by atoms with Gasteiger partial charge in [-0.15, -0.1) is 0 Å². The van der Waals surface area contributed by atoms with Gasteiger partial charge in [-0.2, -0.15) is 0 Å². The minimum atomic E-state index is -0.742. The highest BCUT2D eigenvalue weighted by atomic mass is 19.1. The van der Waals surface area contributed by atoms with Gasteiger partial charge in [-0.05, 0) is 29.8 Å². The third-order valence-electron chi connectivity index (χ3n) is 4.90. The number of rotatable bonds is 6. The highest BCUT2D eigenvalue weighted by Gasteiger charge is 2.23. The maximum atomic E-state index is 14.5. The van der Waals surface area contributed by atoms with E-state index in [1.54, 1.807) is 67.5 Å². The molecular formula is C23H22FN3O4. The van der Waals surface area contributed by atoms with Crippen molar-refractivity contribution in [1.29, 1.82) is 0 Å². The normalized spacial score (nSPS) is 13.8. The van der Waals surface area contributed by atoms with E-state index in [2.05, 4.69) is 10.3 Å². The fourth-order valence-corrected chi connectivity index (χ4v) is 3.40. The summed E-state index contributed by atoms with van der Waals surface area (Å²) >= 11 is 0. The van der Waals surface area contributed by atoms with Crippen molar-refractivity contribution in [2.45, 2.75) is 6.04 Å². The number of aromatic nitrogens is 2. The van der Waals surface area contributed by atoms with Crippen molar-refractivity contribution in [2.75, 3.05) is 20.3 Å². The van der Waals surface area contributed by atoms with Crippen LogP contribution in [0.5, 0.6) is 17.2 Å². The van der Waals surface area contributed by atoms with Gasteiger partial charge in [0.05, 0.1) is 7.11 Å². The van der Waals surface area contributed by atoms with Crippen molar-refractivity contribution in [3.05, 3.63) is 77.6 Å². The number of amides is 1. The fraction of sp³-hybridized carbons (Fsp3) is 0.217. The lowest BCUT2D eigenvalue weighted by molar-refractivity contribution is -0.117. The topological polar surface area (TPSA) is 74.6 Å². The Bertz CT molecular complexity index is 1110. The molecule has 0 aliphatic carbocycles. The number of imidazole rings is 1. The van der Waals surface area contributed by atoms with E-state index in [0.717, 1.165) is 0 Å². The van der Waals surface area contributed by atoms with Crippen LogP contribution in [0.25, 0.3) is 6.08 Å². The van der Waals surface area contributed by atoms with Gasteiger partial charge in [0, 0.05) is 31.1 Å². The van der Waals surface area contributed by atoms with Crippen LogP contribution in [0.2, 0.25) is 0 Å². The monoisotopic (exact) mass is 423 g/mol. The van der Waals surface area contributed by atoms with E-state index < -0.39 is 17.8 Å². The summed E-state index contributed by atoms with van der Waals surface area (Å²) in [6.45, 7) is 0.892. The SMILES string of the molecule is COc1cc(/C=C/C(=O)NC(c2ccccc2F)c2nccn2C)cc2c1OCCO2. The fourth-order valence-electron chi connectivity index (χ4n) is 3.40. The second kappa shape index (κ2) is 8.91. The number of carbonyl (C=O) groups is 1. The number of hydrogen-bond donors (Lipinski definition) is 1. The molecule has 1 N–H and O–H groups in total. The van der Waals surface area contributed by atoms with Crippen LogP contribution in [0.15, 0.2) is 54.9 Å². The first kappa shape index (κ1) is 20.5. The van der Waals surface area contributed by atoms with Crippen LogP contribution in [0.1, 0.15) is 23.0 Å². The first-order valence-corrected chi connectivity index (χ1v) is 9.74. The number of fused-ring (bicyclic) bond motifs is 1. The van der Waals surface area contributed by atoms with Gasteiger partial charge in [0.2, 0.25) is 11.7 Å². The molecular weight excluding hydrogens is 401 g/mol. The van der Waals surface area contributed by atoms with Crippen molar-refractivity contribution in [2.24, 2.45) is 7.05 Å². The quantitative estimate of drug-likeness (QED) is 0.616. The zero-order valence-corrected chi connectivity index (χ0v) is 17.2. The Labute approximate surface area is 179 Å². The smallest absolute Gasteiger partial charge is 0.244 e. The lowest BCUT2D eigenvalue weighted by Crippen LogP contribution is -2.30. The molecule has 1 unspecified atom stereocenters. The van der Waals surface area contributed by atoms with Crippen molar-refractivity contribution >= 4 is 12.0 Å². The molecule has 0 saturated heterocycles. The number of hydrogen-bond acceptors (Lipinski definition) is 5. The first-order chi connectivity index (χ1) is 15.1. The van der Waals surface area contributed by atoms with Gasteiger partial charge >= 0.3 is 0 Å². The molecule has 1 aromatic heterocycles. The molecule has 0 bridgehead atoms. The number of nitrogens with zero attached hydrogens (tertiary/aromatic N) is 2. The van der Waals surface area contributed by atoms with Crippen molar-refractivity contribution in [3.8, 4) is 17.2 Å². The van der Waals surface area contributed by atoms with E-state index in [9.17, 15) is 9.18 Å². The Morgan fingerprint density at radius 3 is 2.84 bits per heavy atom. The Morgan fingerprint density at radius 2 is 2.10 bits per heavy atom. The maximum Gasteiger partial charge on any atom is 0.244 e. The minimum absolute atomic E-state index is 0.333. The summed E-state index contributed by atoms with van der Waals surface area (Å²) in [5, 5.41) is 2.84. The number of halogens is 1. The first-order valence-electron chi connectivity index (χ1n) is 9.74. The summed E-state index contributed by atoms with van der Waals surface area (Å²) in [6.07, 6.45) is 6.35. The van der Waals surface area contributed by atoms with E-state index in [1.165, 1.54) is 12.1 Å². The summed E-state index contributed by atoms with van der Waals surface area (Å²) in [6, 6.07) is 9.09. The Morgan fingerprint density at radius 1 is 1.29 bits per heavy atom. The van der Waals surface area contributed by atoms with Crippen molar-refractivity contribution in [1.82, 2.24) is 14.9 Å². The van der Waals surface area contributed by atoms with Gasteiger partial charge < -0.3 is 24.1 Å². The Hall–Kier alpha value is -3.81. The number of benzene rings is 2. The minimum Gasteiger partial charge on any atom is -0.493 e. The predicted molar refractivity (Wildman–Crippen MR) is 113 cm³/mol. The van der Waals surface area contributed by atoms with Crippen LogP contribution in [-0.2, 0) is 11.8 Å². The van der Waals surface area contributed by atoms with E-state index in [1.807, 2.05) is 0 Å². The van der Waals surface area contributed by atoms with Gasteiger partial charge in [-0.3, -0.25) is 4.79 Å². The Balaban J connectivity index is 1.58. The van der Waals surface area contributed by atoms with E-state index in [4.69, 9.17) is 14.2 Å². The van der Waals surface area contributed by atoms with E-state index in [-0.39, 0.29) is 0 Å². The molecule has 3 aromatic rings. The molecule has 0 saturated carbocycles. The molecule has 4 rings (SSSR count). The molecule has 0 spiro atoms. The number of carbonyl (C=O) groups excluding carboxylic acids is 1. The number of methoxy groups -OCH3 is 1. The molecule has 2 heterocycles. The lowest BCUT2D eigenvalue weighted by Gasteiger charge is -2.21. The highest BCUT2D eigenvalue weighted by molar-refractivity contribution is 5.92. The molecule has 1 atom stereocenters. The van der Waals surface area contributed by atoms with Gasteiger partial charge in [0.1, 0.15) is 30.9 Å². The molecule has 31 heavy (non-hydrogen) atoms. The summed E-state index contributed by atoms with van der Waals surface area (Å²) in [4.78, 5) is 17.0. The largest absolute Gasteiger partial charge is 0.493 e. The van der Waals surface area contributed by atoms with Gasteiger partial charge in [0.15, 0.2) is 11.5 Å². The highest BCUT2D eigenvalue weighted by Crippen LogP contribution is 2.40. The van der Waals surface area contributed by atoms with Gasteiger partial charge in [0.25, 0.3) is 0 Å². The maximum absolute atomic E-state index is 14.5. The molecule has 7 nitrogen and oxygen atoms in total. The Kier molecular flexibility index (Phi) is 5.88. The van der Waals surface area contributed by atoms with Crippen LogP contribution in [0.3, 0.4) is 0 Å². The summed E-state index contributed by atoms with van der Waals surface area (Å²) < 4.78 is 32.8. The zero-order valence-electron chi connectivity index (χ0n) is 17.2. The molecule has 0 radical (unpaired) electrons. The standard InChI is InChI=1S/C23H22FN3O4/c1-27-10-9-25-23(27)21(16-5-3-4-6-17(16)24)26-20(28)8-7-15-13-18(29-2)22-19(14-15)30-11-12-31-22/h3-10,13-14,21H,11-12H2,1-2H3,(H,26,28)/b8-7+. The summed E-state index contributed by atoms with van der Waals surface area (Å²) in [7, 11) is 3.33. The number of aryl methyl sites for hydroxylation is 1. The van der Waals surface area contributed by atoms with Crippen molar-refractivity contribution < 1.29 is 23.4 Å². The lowest BCUT2D eigenvalue weighted by atomic mass is 10.1. The predicted octanol–water partition coefficient (Wildman–Crippen LogP) is 3.26. The molecule has 1 aliphatic heterocycles. The molecule has 0 fully saturated rings. The summed E-state index contributed by atoms with van der Waals surface area (Å²) in [5.41, 5.74) is 1.04. The van der Waals surface area contributed by atoms with Crippen LogP contribution in [0.4, 0.5) is 4.39 Å². The molecule has 8 heteroatoms. The van der Waals surface area contributed by atoms with Gasteiger partial charge in [-0.1, -0.05) is 18.2 Å². The van der Waals surface area contributed by atoms with E-state index >= 15 is 0 Å². The molecule has 2 aromatic carbocycles. The average Bonchev–Trinajstić information content (AvgIpc) is 3.21. The zero-order chi connectivity index (χ0) is 21.8. The number of ether oxygens (including phenoxy) is 3. The van der Waals surface area contributed by atoms with Gasteiger partial charge in [-0.25, -0.2) is 9.37 Å². The van der Waals surface area contributed by atoms with Crippen LogP contribution >= 0.6 is 0 Å². The third kappa shape index (κ3) is 4.37. The van der Waals surface area contributed by atoms with E-state index in [0.29, 0.717) is 47.4 Å². The van der Waals surface area contributed by atoms with Crippen LogP contribution in [-0.4, -0.2) is 35.8 Å². The summed E-state index contributed by atoms with van der Waals surface area (Å²) in [5.74, 6) is 1.33. The third-order valence-corrected chi connectivity index (χ3v) is 4.90. The average molecular weight is 423 g/mol. The van der Waals surface area contributed by atoms with Crippen LogP contribution in [0, 0.1) is 5.82 Å². The van der Waals surface area contributed by atoms with Crippen molar-refractivity contribution in [3.63, 3.8) is 0 Å². The number of nitrogens with one attached hydrogen (secondary N) is 1. The molecule has 1 aliphatic rings. The second-order valence-electron chi connectivity index (χ2n) is 6.94. The van der Waals surface area contributed by atoms with Crippen LogP contribution < -0.4 is 19.5 Å². The molecule has 1 amide bonds. The molecule has 160 valence electrons. The second-order valence-corrected chi connectivity index (χ2v) is 6.94.